The van der Waals surface area contributed by atoms with E-state index in [2.05, 4.69) is 5.32 Å². The Labute approximate surface area is 135 Å². The van der Waals surface area contributed by atoms with Crippen LogP contribution in [0.15, 0.2) is 53.4 Å². The second-order valence-corrected chi connectivity index (χ2v) is 5.68. The van der Waals surface area contributed by atoms with Gasteiger partial charge in [0.05, 0.1) is 12.8 Å². The summed E-state index contributed by atoms with van der Waals surface area (Å²) in [7, 11) is 3.42. The maximum atomic E-state index is 12.3. The van der Waals surface area contributed by atoms with Gasteiger partial charge < -0.3 is 15.0 Å². The third-order valence-electron chi connectivity index (χ3n) is 3.27. The Balaban J connectivity index is 1.99. The van der Waals surface area contributed by atoms with Crippen LogP contribution in [0.25, 0.3) is 0 Å². The summed E-state index contributed by atoms with van der Waals surface area (Å²) < 4.78 is 5.13. The van der Waals surface area contributed by atoms with Gasteiger partial charge in [-0.1, -0.05) is 24.3 Å². The van der Waals surface area contributed by atoms with Crippen LogP contribution in [-0.2, 0) is 6.54 Å². The molecule has 4 nitrogen and oxygen atoms in total. The van der Waals surface area contributed by atoms with Gasteiger partial charge in [-0.25, -0.2) is 4.79 Å². The zero-order chi connectivity index (χ0) is 15.9. The van der Waals surface area contributed by atoms with Gasteiger partial charge >= 0.3 is 6.03 Å². The highest BCUT2D eigenvalue weighted by atomic mass is 32.2. The van der Waals surface area contributed by atoms with Crippen molar-refractivity contribution in [2.24, 2.45) is 0 Å². The first-order valence-electron chi connectivity index (χ1n) is 6.92. The molecular weight excluding hydrogens is 296 g/mol. The Bertz CT molecular complexity index is 629. The number of methoxy groups -OCH3 is 1. The molecule has 0 aliphatic carbocycles. The van der Waals surface area contributed by atoms with Gasteiger partial charge in [-0.3, -0.25) is 0 Å². The number of benzene rings is 2. The molecule has 116 valence electrons. The summed E-state index contributed by atoms with van der Waals surface area (Å²) in [5, 5.41) is 2.95. The molecule has 0 aliphatic heterocycles. The van der Waals surface area contributed by atoms with Crippen molar-refractivity contribution in [2.75, 3.05) is 25.7 Å². The fraction of sp³-hybridized carbons (Fsp3) is 0.235. The predicted octanol–water partition coefficient (Wildman–Crippen LogP) is 4.08. The topological polar surface area (TPSA) is 41.6 Å². The molecule has 2 amide bonds. The number of thioether (sulfide) groups is 1. The van der Waals surface area contributed by atoms with Crippen LogP contribution in [0.4, 0.5) is 10.5 Å². The predicted molar refractivity (Wildman–Crippen MR) is 91.7 cm³/mol. The number of nitrogens with zero attached hydrogens (tertiary/aromatic N) is 1. The van der Waals surface area contributed by atoms with Gasteiger partial charge in [0.25, 0.3) is 0 Å². The van der Waals surface area contributed by atoms with Gasteiger partial charge in [-0.05, 0) is 36.1 Å². The normalized spacial score (nSPS) is 10.1. The smallest absolute Gasteiger partial charge is 0.321 e. The first-order chi connectivity index (χ1) is 10.6. The Morgan fingerprint density at radius 3 is 2.50 bits per heavy atom. The molecule has 2 rings (SSSR count). The lowest BCUT2D eigenvalue weighted by Crippen LogP contribution is -2.31. The van der Waals surface area contributed by atoms with Crippen LogP contribution in [0.2, 0.25) is 0 Å². The maximum absolute atomic E-state index is 12.3. The second kappa shape index (κ2) is 7.75. The molecule has 0 saturated heterocycles. The molecular formula is C17H20N2O2S. The van der Waals surface area contributed by atoms with Crippen LogP contribution in [-0.4, -0.2) is 31.3 Å². The molecule has 0 heterocycles. The zero-order valence-electron chi connectivity index (χ0n) is 13.0. The number of carbonyl (C=O) groups excluding carboxylic acids is 1. The molecule has 2 aromatic rings. The maximum Gasteiger partial charge on any atom is 0.321 e. The highest BCUT2D eigenvalue weighted by molar-refractivity contribution is 7.98. The number of hydrogen-bond donors (Lipinski definition) is 1. The van der Waals surface area contributed by atoms with Crippen LogP contribution < -0.4 is 10.1 Å². The standard InChI is InChI=1S/C17H20N2O2S/c1-19(12-13-8-10-14(21-2)11-9-13)17(20)18-15-6-4-5-7-16(15)22-3/h4-11H,12H2,1-3H3,(H,18,20). The molecule has 2 aromatic carbocycles. The summed E-state index contributed by atoms with van der Waals surface area (Å²) >= 11 is 1.61. The minimum atomic E-state index is -0.127. The Kier molecular flexibility index (Phi) is 5.72. The molecule has 0 bridgehead atoms. The average molecular weight is 316 g/mol. The van der Waals surface area contributed by atoms with Crippen LogP contribution in [0.3, 0.4) is 0 Å². The SMILES string of the molecule is COc1ccc(CN(C)C(=O)Nc2ccccc2SC)cc1. The molecule has 0 spiro atoms. The minimum absolute atomic E-state index is 0.127. The Morgan fingerprint density at radius 2 is 1.86 bits per heavy atom. The van der Waals surface area contributed by atoms with Gasteiger partial charge in [-0.15, -0.1) is 11.8 Å². The molecule has 0 saturated carbocycles. The molecule has 0 radical (unpaired) electrons. The van der Waals surface area contributed by atoms with E-state index in [9.17, 15) is 4.79 Å². The summed E-state index contributed by atoms with van der Waals surface area (Å²) in [4.78, 5) is 15.0. The Hall–Kier alpha value is -2.14. The summed E-state index contributed by atoms with van der Waals surface area (Å²) in [6, 6.07) is 15.3. The number of amides is 2. The fourth-order valence-electron chi connectivity index (χ4n) is 2.04. The number of para-hydroxylation sites is 1. The van der Waals surface area contributed by atoms with Crippen molar-refractivity contribution in [3.8, 4) is 5.75 Å². The first kappa shape index (κ1) is 16.2. The van der Waals surface area contributed by atoms with Gasteiger partial charge in [0.1, 0.15) is 5.75 Å². The molecule has 1 N–H and O–H groups in total. The van der Waals surface area contributed by atoms with Gasteiger partial charge in [0.15, 0.2) is 0 Å². The highest BCUT2D eigenvalue weighted by Gasteiger charge is 2.11. The van der Waals surface area contributed by atoms with E-state index >= 15 is 0 Å². The van der Waals surface area contributed by atoms with E-state index in [-0.39, 0.29) is 6.03 Å². The van der Waals surface area contributed by atoms with Crippen molar-refractivity contribution >= 4 is 23.5 Å². The van der Waals surface area contributed by atoms with Crippen LogP contribution in [0, 0.1) is 0 Å². The number of anilines is 1. The molecule has 5 heteroatoms. The van der Waals surface area contributed by atoms with Crippen LogP contribution in [0.1, 0.15) is 5.56 Å². The third-order valence-corrected chi connectivity index (χ3v) is 4.07. The van der Waals surface area contributed by atoms with Gasteiger partial charge in [0, 0.05) is 18.5 Å². The highest BCUT2D eigenvalue weighted by Crippen LogP contribution is 2.24. The van der Waals surface area contributed by atoms with Crippen molar-refractivity contribution in [1.82, 2.24) is 4.90 Å². The molecule has 0 atom stereocenters. The van der Waals surface area contributed by atoms with E-state index in [0.29, 0.717) is 6.54 Å². The largest absolute Gasteiger partial charge is 0.497 e. The number of urea groups is 1. The van der Waals surface area contributed by atoms with Crippen molar-refractivity contribution in [3.05, 3.63) is 54.1 Å². The molecule has 0 unspecified atom stereocenters. The summed E-state index contributed by atoms with van der Waals surface area (Å²) in [6.07, 6.45) is 1.99. The number of rotatable bonds is 5. The van der Waals surface area contributed by atoms with E-state index in [1.807, 2.05) is 54.8 Å². The van der Waals surface area contributed by atoms with Crippen molar-refractivity contribution < 1.29 is 9.53 Å². The second-order valence-electron chi connectivity index (χ2n) is 4.83. The Morgan fingerprint density at radius 1 is 1.18 bits per heavy atom. The lowest BCUT2D eigenvalue weighted by atomic mass is 10.2. The monoisotopic (exact) mass is 316 g/mol. The molecule has 0 fully saturated rings. The van der Waals surface area contributed by atoms with E-state index in [1.54, 1.807) is 30.8 Å². The average Bonchev–Trinajstić information content (AvgIpc) is 2.56. The fourth-order valence-corrected chi connectivity index (χ4v) is 2.59. The van der Waals surface area contributed by atoms with Crippen molar-refractivity contribution in [3.63, 3.8) is 0 Å². The summed E-state index contributed by atoms with van der Waals surface area (Å²) in [5.74, 6) is 0.810. The number of hydrogen-bond acceptors (Lipinski definition) is 3. The molecule has 22 heavy (non-hydrogen) atoms. The number of nitrogens with one attached hydrogen (secondary N) is 1. The number of ether oxygens (including phenoxy) is 1. The lowest BCUT2D eigenvalue weighted by Gasteiger charge is -2.19. The first-order valence-corrected chi connectivity index (χ1v) is 8.14. The van der Waals surface area contributed by atoms with Crippen molar-refractivity contribution in [1.29, 1.82) is 0 Å². The number of carbonyl (C=O) groups is 1. The van der Waals surface area contributed by atoms with Gasteiger partial charge in [0.2, 0.25) is 0 Å². The molecule has 0 aliphatic rings. The zero-order valence-corrected chi connectivity index (χ0v) is 13.8. The summed E-state index contributed by atoms with van der Waals surface area (Å²) in [5.41, 5.74) is 1.89. The quantitative estimate of drug-likeness (QED) is 0.845. The molecule has 0 aromatic heterocycles. The minimum Gasteiger partial charge on any atom is -0.497 e. The van der Waals surface area contributed by atoms with E-state index in [4.69, 9.17) is 4.74 Å². The third kappa shape index (κ3) is 4.18. The van der Waals surface area contributed by atoms with Crippen LogP contribution >= 0.6 is 11.8 Å². The van der Waals surface area contributed by atoms with Crippen LogP contribution in [0.5, 0.6) is 5.75 Å². The van der Waals surface area contributed by atoms with Gasteiger partial charge in [-0.2, -0.15) is 0 Å². The van der Waals surface area contributed by atoms with E-state index in [1.165, 1.54) is 0 Å². The van der Waals surface area contributed by atoms with E-state index < -0.39 is 0 Å². The lowest BCUT2D eigenvalue weighted by molar-refractivity contribution is 0.220. The van der Waals surface area contributed by atoms with E-state index in [0.717, 1.165) is 21.9 Å². The van der Waals surface area contributed by atoms with Crippen molar-refractivity contribution in [2.45, 2.75) is 11.4 Å². The summed E-state index contributed by atoms with van der Waals surface area (Å²) in [6.45, 7) is 0.539.